The number of carbonyl (C=O) groups is 4. The highest BCUT2D eigenvalue weighted by Gasteiger charge is 2.34. The molecule has 2 rings (SSSR count). The molecule has 0 aromatic heterocycles. The van der Waals surface area contributed by atoms with E-state index in [1.54, 1.807) is 17.0 Å². The summed E-state index contributed by atoms with van der Waals surface area (Å²) in [4.78, 5) is 48.2. The lowest BCUT2D eigenvalue weighted by atomic mass is 10.1. The van der Waals surface area contributed by atoms with Crippen molar-refractivity contribution in [2.24, 2.45) is 0 Å². The summed E-state index contributed by atoms with van der Waals surface area (Å²) >= 11 is 0. The van der Waals surface area contributed by atoms with Crippen LogP contribution in [-0.2, 0) is 30.3 Å². The van der Waals surface area contributed by atoms with Crippen molar-refractivity contribution < 1.29 is 33.4 Å². The number of hydrogen-bond acceptors (Lipinski definition) is 7. The second kappa shape index (κ2) is 9.16. The maximum Gasteiger partial charge on any atom is 0.328 e. The molecule has 1 amide bonds. The quantitative estimate of drug-likeness (QED) is 0.549. The first-order chi connectivity index (χ1) is 12.8. The van der Waals surface area contributed by atoms with Crippen LogP contribution in [0.1, 0.15) is 38.7 Å². The number of methoxy groups -OCH3 is 1. The predicted octanol–water partition coefficient (Wildman–Crippen LogP) is 1.63. The molecule has 1 aliphatic rings. The Bertz CT molecular complexity index is 744. The van der Waals surface area contributed by atoms with Crippen molar-refractivity contribution in [2.45, 2.75) is 45.6 Å². The molecule has 0 radical (unpaired) electrons. The lowest BCUT2D eigenvalue weighted by molar-refractivity contribution is -0.150. The number of likely N-dealkylation sites (tertiary alicyclic amines) is 1. The van der Waals surface area contributed by atoms with Gasteiger partial charge >= 0.3 is 17.9 Å². The van der Waals surface area contributed by atoms with Crippen molar-refractivity contribution >= 4 is 23.8 Å². The first-order valence-corrected chi connectivity index (χ1v) is 8.69. The molecule has 0 aliphatic carbocycles. The molecule has 0 saturated carbocycles. The smallest absolute Gasteiger partial charge is 0.328 e. The Morgan fingerprint density at radius 2 is 1.74 bits per heavy atom. The Balaban J connectivity index is 2.06. The van der Waals surface area contributed by atoms with Crippen molar-refractivity contribution in [3.05, 3.63) is 23.8 Å². The van der Waals surface area contributed by atoms with Gasteiger partial charge in [0, 0.05) is 26.8 Å². The zero-order chi connectivity index (χ0) is 20.0. The van der Waals surface area contributed by atoms with Gasteiger partial charge in [-0.05, 0) is 37.0 Å². The SMILES string of the molecule is COC(=O)[C@@H]1CCCN1C(=O)CCc1ccc(OC(C)=O)c(OC(C)=O)c1. The monoisotopic (exact) mass is 377 g/mol. The first kappa shape index (κ1) is 20.4. The van der Waals surface area contributed by atoms with E-state index in [1.165, 1.54) is 27.0 Å². The standard InChI is InChI=1S/C19H23NO7/c1-12(21)26-16-8-6-14(11-17(16)27-13(2)22)7-9-18(23)20-10-4-5-15(20)19(24)25-3/h6,8,11,15H,4-5,7,9-10H2,1-3H3/t15-/m0/s1. The number of hydrogen-bond donors (Lipinski definition) is 0. The van der Waals surface area contributed by atoms with E-state index in [1.807, 2.05) is 0 Å². The van der Waals surface area contributed by atoms with Gasteiger partial charge in [0.05, 0.1) is 7.11 Å². The number of amides is 1. The Morgan fingerprint density at radius 1 is 1.07 bits per heavy atom. The van der Waals surface area contributed by atoms with Crippen LogP contribution in [0.3, 0.4) is 0 Å². The molecule has 1 aromatic carbocycles. The van der Waals surface area contributed by atoms with Crippen LogP contribution in [0.2, 0.25) is 0 Å². The second-order valence-corrected chi connectivity index (χ2v) is 6.24. The molecule has 0 bridgehead atoms. The molecule has 0 unspecified atom stereocenters. The summed E-state index contributed by atoms with van der Waals surface area (Å²) in [5.74, 6) is -1.36. The Morgan fingerprint density at radius 3 is 2.37 bits per heavy atom. The number of aryl methyl sites for hydroxylation is 1. The van der Waals surface area contributed by atoms with Crippen LogP contribution in [0.5, 0.6) is 11.5 Å². The number of esters is 3. The van der Waals surface area contributed by atoms with Gasteiger partial charge < -0.3 is 19.1 Å². The Labute approximate surface area is 157 Å². The topological polar surface area (TPSA) is 99.2 Å². The molecule has 1 aliphatic heterocycles. The fourth-order valence-electron chi connectivity index (χ4n) is 3.02. The fourth-order valence-corrected chi connectivity index (χ4v) is 3.02. The fraction of sp³-hybridized carbons (Fsp3) is 0.474. The van der Waals surface area contributed by atoms with E-state index in [0.29, 0.717) is 19.4 Å². The minimum atomic E-state index is -0.547. The van der Waals surface area contributed by atoms with Gasteiger partial charge in [0.2, 0.25) is 5.91 Å². The number of carbonyl (C=O) groups excluding carboxylic acids is 4. The maximum atomic E-state index is 12.5. The van der Waals surface area contributed by atoms with E-state index in [-0.39, 0.29) is 23.8 Å². The molecule has 8 heteroatoms. The summed E-state index contributed by atoms with van der Waals surface area (Å²) in [5.41, 5.74) is 0.740. The molecule has 1 heterocycles. The molecular formula is C19H23NO7. The van der Waals surface area contributed by atoms with E-state index in [4.69, 9.17) is 14.2 Å². The zero-order valence-electron chi connectivity index (χ0n) is 15.6. The van der Waals surface area contributed by atoms with Gasteiger partial charge in [-0.2, -0.15) is 0 Å². The van der Waals surface area contributed by atoms with Crippen LogP contribution in [0.15, 0.2) is 18.2 Å². The molecule has 1 fully saturated rings. The van der Waals surface area contributed by atoms with Crippen molar-refractivity contribution in [3.63, 3.8) is 0 Å². The third-order valence-electron chi connectivity index (χ3n) is 4.19. The van der Waals surface area contributed by atoms with Crippen molar-refractivity contribution in [1.29, 1.82) is 0 Å². The Hall–Kier alpha value is -2.90. The summed E-state index contributed by atoms with van der Waals surface area (Å²) < 4.78 is 14.9. The number of rotatable bonds is 6. The minimum absolute atomic E-state index is 0.122. The third-order valence-corrected chi connectivity index (χ3v) is 4.19. The molecule has 0 spiro atoms. The molecule has 1 atom stereocenters. The summed E-state index contributed by atoms with van der Waals surface area (Å²) in [5, 5.41) is 0. The van der Waals surface area contributed by atoms with Gasteiger partial charge in [-0.15, -0.1) is 0 Å². The highest BCUT2D eigenvalue weighted by Crippen LogP contribution is 2.29. The Kier molecular flexibility index (Phi) is 6.92. The van der Waals surface area contributed by atoms with Crippen LogP contribution in [0.25, 0.3) is 0 Å². The van der Waals surface area contributed by atoms with E-state index in [0.717, 1.165) is 12.0 Å². The number of benzene rings is 1. The molecule has 27 heavy (non-hydrogen) atoms. The molecule has 146 valence electrons. The first-order valence-electron chi connectivity index (χ1n) is 8.69. The van der Waals surface area contributed by atoms with Gasteiger partial charge in [-0.1, -0.05) is 6.07 Å². The van der Waals surface area contributed by atoms with Crippen molar-refractivity contribution in [2.75, 3.05) is 13.7 Å². The van der Waals surface area contributed by atoms with E-state index >= 15 is 0 Å². The van der Waals surface area contributed by atoms with Gasteiger partial charge in [0.25, 0.3) is 0 Å². The predicted molar refractivity (Wildman–Crippen MR) is 94.1 cm³/mol. The largest absolute Gasteiger partial charge is 0.467 e. The zero-order valence-corrected chi connectivity index (χ0v) is 15.6. The minimum Gasteiger partial charge on any atom is -0.467 e. The highest BCUT2D eigenvalue weighted by molar-refractivity contribution is 5.85. The van der Waals surface area contributed by atoms with Crippen LogP contribution in [-0.4, -0.2) is 48.4 Å². The lowest BCUT2D eigenvalue weighted by Crippen LogP contribution is -2.41. The molecule has 0 N–H and O–H groups in total. The molecule has 1 saturated heterocycles. The van der Waals surface area contributed by atoms with E-state index in [9.17, 15) is 19.2 Å². The van der Waals surface area contributed by atoms with Gasteiger partial charge in [0.15, 0.2) is 11.5 Å². The van der Waals surface area contributed by atoms with Crippen molar-refractivity contribution in [1.82, 2.24) is 4.90 Å². The summed E-state index contributed by atoms with van der Waals surface area (Å²) in [6.07, 6.45) is 1.95. The number of ether oxygens (including phenoxy) is 3. The van der Waals surface area contributed by atoms with Gasteiger partial charge in [0.1, 0.15) is 6.04 Å². The normalized spacial score (nSPS) is 16.0. The summed E-state index contributed by atoms with van der Waals surface area (Å²) in [7, 11) is 1.31. The average Bonchev–Trinajstić information content (AvgIpc) is 3.10. The van der Waals surface area contributed by atoms with E-state index < -0.39 is 23.9 Å². The van der Waals surface area contributed by atoms with E-state index in [2.05, 4.69) is 0 Å². The lowest BCUT2D eigenvalue weighted by Gasteiger charge is -2.22. The van der Waals surface area contributed by atoms with Crippen molar-refractivity contribution in [3.8, 4) is 11.5 Å². The summed E-state index contributed by atoms with van der Waals surface area (Å²) in [6, 6.07) is 4.26. The molecule has 8 nitrogen and oxygen atoms in total. The average molecular weight is 377 g/mol. The van der Waals surface area contributed by atoms with Crippen LogP contribution in [0, 0.1) is 0 Å². The number of nitrogens with zero attached hydrogens (tertiary/aromatic N) is 1. The summed E-state index contributed by atoms with van der Waals surface area (Å²) in [6.45, 7) is 3.02. The highest BCUT2D eigenvalue weighted by atomic mass is 16.6. The van der Waals surface area contributed by atoms with Gasteiger partial charge in [-0.25, -0.2) is 4.79 Å². The molecular weight excluding hydrogens is 354 g/mol. The van der Waals surface area contributed by atoms with Crippen LogP contribution in [0.4, 0.5) is 0 Å². The third kappa shape index (κ3) is 5.54. The molecule has 1 aromatic rings. The van der Waals surface area contributed by atoms with Crippen LogP contribution >= 0.6 is 0 Å². The van der Waals surface area contributed by atoms with Gasteiger partial charge in [-0.3, -0.25) is 14.4 Å². The maximum absolute atomic E-state index is 12.5. The second-order valence-electron chi connectivity index (χ2n) is 6.24. The van der Waals surface area contributed by atoms with Crippen LogP contribution < -0.4 is 9.47 Å².